The van der Waals surface area contributed by atoms with Gasteiger partial charge in [-0.2, -0.15) is 4.31 Å². The topological polar surface area (TPSA) is 91.8 Å². The van der Waals surface area contributed by atoms with Crippen LogP contribution in [0.15, 0.2) is 23.1 Å². The maximum absolute atomic E-state index is 12.5. The molecule has 0 bridgehead atoms. The minimum Gasteiger partial charge on any atom is -0.392 e. The molecule has 2 rings (SSSR count). The van der Waals surface area contributed by atoms with Gasteiger partial charge in [0.15, 0.2) is 9.84 Å². The van der Waals surface area contributed by atoms with Gasteiger partial charge in [0.2, 0.25) is 10.0 Å². The van der Waals surface area contributed by atoms with Gasteiger partial charge >= 0.3 is 0 Å². The van der Waals surface area contributed by atoms with Gasteiger partial charge in [-0.3, -0.25) is 0 Å². The van der Waals surface area contributed by atoms with Gasteiger partial charge in [0.05, 0.1) is 23.1 Å². The predicted molar refractivity (Wildman–Crippen MR) is 74.8 cm³/mol. The Kier molecular flexibility index (Phi) is 4.41. The van der Waals surface area contributed by atoms with Crippen molar-refractivity contribution in [3.05, 3.63) is 28.8 Å². The number of hydrogen-bond donors (Lipinski definition) is 1. The molecule has 1 fully saturated rings. The van der Waals surface area contributed by atoms with Crippen LogP contribution in [0.5, 0.6) is 0 Å². The van der Waals surface area contributed by atoms with Crippen LogP contribution >= 0.6 is 11.6 Å². The molecule has 0 atom stereocenters. The molecule has 1 aromatic rings. The number of benzene rings is 1. The first kappa shape index (κ1) is 15.7. The molecule has 1 aliphatic rings. The molecule has 0 spiro atoms. The van der Waals surface area contributed by atoms with Crippen molar-refractivity contribution in [2.45, 2.75) is 11.5 Å². The van der Waals surface area contributed by atoms with E-state index in [1.807, 2.05) is 0 Å². The first-order chi connectivity index (χ1) is 9.26. The maximum atomic E-state index is 12.5. The molecule has 112 valence electrons. The lowest BCUT2D eigenvalue weighted by molar-refractivity contribution is 0.281. The maximum Gasteiger partial charge on any atom is 0.244 e. The second-order valence-corrected chi connectivity index (χ2v) is 9.10. The van der Waals surface area contributed by atoms with Crippen molar-refractivity contribution in [1.82, 2.24) is 4.31 Å². The van der Waals surface area contributed by atoms with E-state index in [9.17, 15) is 16.8 Å². The first-order valence-electron chi connectivity index (χ1n) is 5.86. The summed E-state index contributed by atoms with van der Waals surface area (Å²) in [6, 6.07) is 4.24. The summed E-state index contributed by atoms with van der Waals surface area (Å²) in [5.41, 5.74) is 0.428. The number of aliphatic hydroxyl groups is 1. The third kappa shape index (κ3) is 3.15. The lowest BCUT2D eigenvalue weighted by Crippen LogP contribution is -2.43. The summed E-state index contributed by atoms with van der Waals surface area (Å²) in [4.78, 5) is -0.106. The SMILES string of the molecule is O=S1(=O)CCN(S(=O)(=O)c2cc(CO)ccc2Cl)CC1. The monoisotopic (exact) mass is 339 g/mol. The smallest absolute Gasteiger partial charge is 0.244 e. The Morgan fingerprint density at radius 2 is 1.85 bits per heavy atom. The summed E-state index contributed by atoms with van der Waals surface area (Å²) < 4.78 is 48.7. The number of nitrogens with zero attached hydrogens (tertiary/aromatic N) is 1. The van der Waals surface area contributed by atoms with Gasteiger partial charge in [-0.1, -0.05) is 17.7 Å². The molecule has 6 nitrogen and oxygen atoms in total. The summed E-state index contributed by atoms with van der Waals surface area (Å²) in [5.74, 6) is -0.382. The standard InChI is InChI=1S/C11H14ClNO5S2/c12-10-2-1-9(8-14)7-11(10)20(17,18)13-3-5-19(15,16)6-4-13/h1-2,7,14H,3-6,8H2. The molecule has 9 heteroatoms. The number of halogens is 1. The highest BCUT2D eigenvalue weighted by Gasteiger charge is 2.32. The van der Waals surface area contributed by atoms with Crippen LogP contribution in [-0.2, 0) is 26.5 Å². The fourth-order valence-corrected chi connectivity index (χ4v) is 5.32. The minimum atomic E-state index is -3.85. The largest absolute Gasteiger partial charge is 0.392 e. The first-order valence-corrected chi connectivity index (χ1v) is 9.50. The lowest BCUT2D eigenvalue weighted by atomic mass is 10.2. The van der Waals surface area contributed by atoms with E-state index < -0.39 is 19.9 Å². The van der Waals surface area contributed by atoms with E-state index in [1.165, 1.54) is 18.2 Å². The summed E-state index contributed by atoms with van der Waals surface area (Å²) in [6.45, 7) is -0.456. The van der Waals surface area contributed by atoms with Crippen LogP contribution in [0.25, 0.3) is 0 Å². The fourth-order valence-electron chi connectivity index (χ4n) is 1.92. The highest BCUT2D eigenvalue weighted by Crippen LogP contribution is 2.26. The molecular formula is C11H14ClNO5S2. The molecule has 0 aromatic heterocycles. The Hall–Kier alpha value is -0.670. The zero-order chi connectivity index (χ0) is 15.0. The van der Waals surface area contributed by atoms with E-state index in [-0.39, 0.29) is 41.1 Å². The van der Waals surface area contributed by atoms with Crippen LogP contribution in [0.4, 0.5) is 0 Å². The van der Waals surface area contributed by atoms with Crippen molar-refractivity contribution in [1.29, 1.82) is 0 Å². The van der Waals surface area contributed by atoms with Crippen LogP contribution < -0.4 is 0 Å². The van der Waals surface area contributed by atoms with Crippen LogP contribution in [0.3, 0.4) is 0 Å². The van der Waals surface area contributed by atoms with Crippen molar-refractivity contribution >= 4 is 31.5 Å². The Balaban J connectivity index is 2.36. The third-order valence-corrected chi connectivity index (χ3v) is 7.09. The van der Waals surface area contributed by atoms with E-state index in [0.29, 0.717) is 5.56 Å². The molecule has 0 radical (unpaired) electrons. The summed E-state index contributed by atoms with van der Waals surface area (Å²) >= 11 is 5.91. The number of aliphatic hydroxyl groups excluding tert-OH is 1. The van der Waals surface area contributed by atoms with Gasteiger partial charge in [-0.15, -0.1) is 0 Å². The van der Waals surface area contributed by atoms with Gasteiger partial charge < -0.3 is 5.11 Å². The molecule has 0 amide bonds. The highest BCUT2D eigenvalue weighted by molar-refractivity contribution is 7.92. The van der Waals surface area contributed by atoms with Crippen molar-refractivity contribution < 1.29 is 21.9 Å². The van der Waals surface area contributed by atoms with Gasteiger partial charge in [-0.05, 0) is 17.7 Å². The Bertz CT molecular complexity index is 700. The van der Waals surface area contributed by atoms with Crippen LogP contribution in [0, 0.1) is 0 Å². The van der Waals surface area contributed by atoms with Crippen molar-refractivity contribution in [2.75, 3.05) is 24.6 Å². The van der Waals surface area contributed by atoms with Crippen LogP contribution in [0.1, 0.15) is 5.56 Å². The van der Waals surface area contributed by atoms with Crippen LogP contribution in [0.2, 0.25) is 5.02 Å². The second kappa shape index (κ2) is 5.61. The zero-order valence-corrected chi connectivity index (χ0v) is 12.9. The molecule has 1 saturated heterocycles. The van der Waals surface area contributed by atoms with Crippen LogP contribution in [-0.4, -0.2) is 50.8 Å². The molecule has 1 aliphatic heterocycles. The Morgan fingerprint density at radius 3 is 2.40 bits per heavy atom. The third-order valence-electron chi connectivity index (χ3n) is 3.10. The molecule has 1 aromatic carbocycles. The predicted octanol–water partition coefficient (Wildman–Crippen LogP) is 0.251. The van der Waals surface area contributed by atoms with Gasteiger partial charge in [-0.25, -0.2) is 16.8 Å². The Morgan fingerprint density at radius 1 is 1.25 bits per heavy atom. The van der Waals surface area contributed by atoms with Gasteiger partial charge in [0.25, 0.3) is 0 Å². The van der Waals surface area contributed by atoms with E-state index in [4.69, 9.17) is 16.7 Å². The fraction of sp³-hybridized carbons (Fsp3) is 0.455. The summed E-state index contributed by atoms with van der Waals surface area (Å²) in [7, 11) is -7.01. The minimum absolute atomic E-state index is 0.0515. The van der Waals surface area contributed by atoms with E-state index in [0.717, 1.165) is 4.31 Å². The normalized spacial score (nSPS) is 19.9. The van der Waals surface area contributed by atoms with Gasteiger partial charge in [0.1, 0.15) is 4.90 Å². The van der Waals surface area contributed by atoms with Crippen molar-refractivity contribution in [3.8, 4) is 0 Å². The number of sulfone groups is 1. The molecule has 0 aliphatic carbocycles. The van der Waals surface area contributed by atoms with E-state index in [2.05, 4.69) is 0 Å². The molecular weight excluding hydrogens is 326 g/mol. The molecule has 20 heavy (non-hydrogen) atoms. The second-order valence-electron chi connectivity index (χ2n) is 4.48. The quantitative estimate of drug-likeness (QED) is 0.852. The zero-order valence-electron chi connectivity index (χ0n) is 10.5. The Labute approximate surface area is 122 Å². The average Bonchev–Trinajstić information content (AvgIpc) is 2.38. The summed E-state index contributed by atoms with van der Waals surface area (Å²) in [6.07, 6.45) is 0. The molecule has 0 saturated carbocycles. The molecule has 1 N–H and O–H groups in total. The number of hydrogen-bond acceptors (Lipinski definition) is 5. The van der Waals surface area contributed by atoms with Gasteiger partial charge in [0, 0.05) is 13.1 Å². The van der Waals surface area contributed by atoms with E-state index >= 15 is 0 Å². The highest BCUT2D eigenvalue weighted by atomic mass is 35.5. The lowest BCUT2D eigenvalue weighted by Gasteiger charge is -2.26. The number of rotatable bonds is 3. The summed E-state index contributed by atoms with van der Waals surface area (Å²) in [5, 5.41) is 9.12. The van der Waals surface area contributed by atoms with E-state index in [1.54, 1.807) is 0 Å². The van der Waals surface area contributed by atoms with Crippen molar-refractivity contribution in [3.63, 3.8) is 0 Å². The molecule has 1 heterocycles. The number of sulfonamides is 1. The van der Waals surface area contributed by atoms with Crippen molar-refractivity contribution in [2.24, 2.45) is 0 Å². The average molecular weight is 340 g/mol. The molecule has 0 unspecified atom stereocenters.